The number of nitrogens with one attached hydrogen (secondary N) is 1. The molecular weight excluding hydrogens is 322 g/mol. The van der Waals surface area contributed by atoms with E-state index in [9.17, 15) is 4.79 Å². The minimum atomic E-state index is -0.106. The Morgan fingerprint density at radius 3 is 2.83 bits per heavy atom. The lowest BCUT2D eigenvalue weighted by molar-refractivity contribution is -0.115. The van der Waals surface area contributed by atoms with E-state index in [4.69, 9.17) is 4.74 Å². The van der Waals surface area contributed by atoms with Gasteiger partial charge in [0.25, 0.3) is 0 Å². The van der Waals surface area contributed by atoms with Crippen molar-refractivity contribution in [3.63, 3.8) is 0 Å². The molecule has 3 aromatic rings. The van der Waals surface area contributed by atoms with Crippen LogP contribution in [0.15, 0.2) is 36.0 Å². The Hall–Kier alpha value is -2.34. The highest BCUT2D eigenvalue weighted by molar-refractivity contribution is 7.15. The molecule has 0 aliphatic carbocycles. The molecule has 0 saturated carbocycles. The van der Waals surface area contributed by atoms with Gasteiger partial charge in [0, 0.05) is 17.8 Å². The summed E-state index contributed by atoms with van der Waals surface area (Å²) in [5.41, 5.74) is 2.59. The number of imidazole rings is 1. The number of fused-ring (bicyclic) bond motifs is 1. The molecule has 1 N–H and O–H groups in total. The lowest BCUT2D eigenvalue weighted by Crippen LogP contribution is -2.17. The van der Waals surface area contributed by atoms with Crippen LogP contribution >= 0.6 is 11.3 Å². The van der Waals surface area contributed by atoms with Gasteiger partial charge in [0.15, 0.2) is 4.96 Å². The Kier molecular flexibility index (Phi) is 4.32. The zero-order valence-corrected chi connectivity index (χ0v) is 15.1. The second-order valence-electron chi connectivity index (χ2n) is 6.72. The monoisotopic (exact) mass is 343 g/mol. The molecule has 0 aliphatic rings. The van der Waals surface area contributed by atoms with Crippen LogP contribution < -0.4 is 10.1 Å². The van der Waals surface area contributed by atoms with Gasteiger partial charge in [-0.3, -0.25) is 9.20 Å². The highest BCUT2D eigenvalue weighted by atomic mass is 32.1. The normalized spacial score (nSPS) is 11.7. The number of aromatic nitrogens is 2. The van der Waals surface area contributed by atoms with Crippen molar-refractivity contribution in [2.45, 2.75) is 32.6 Å². The molecule has 126 valence electrons. The first kappa shape index (κ1) is 16.5. The molecule has 0 unspecified atom stereocenters. The lowest BCUT2D eigenvalue weighted by Gasteiger charge is -2.21. The second-order valence-corrected chi connectivity index (χ2v) is 7.59. The molecule has 0 fully saturated rings. The van der Waals surface area contributed by atoms with Crippen LogP contribution in [-0.4, -0.2) is 22.4 Å². The molecule has 0 radical (unpaired) electrons. The van der Waals surface area contributed by atoms with Crippen LogP contribution in [0.5, 0.6) is 5.75 Å². The molecule has 3 rings (SSSR count). The van der Waals surface area contributed by atoms with Crippen molar-refractivity contribution in [3.05, 3.63) is 47.2 Å². The number of anilines is 1. The van der Waals surface area contributed by atoms with Crippen LogP contribution in [0.25, 0.3) is 4.96 Å². The summed E-state index contributed by atoms with van der Waals surface area (Å²) in [5, 5.41) is 4.92. The molecule has 1 aromatic carbocycles. The third-order valence-corrected chi connectivity index (χ3v) is 4.60. The summed E-state index contributed by atoms with van der Waals surface area (Å²) < 4.78 is 7.29. The topological polar surface area (TPSA) is 55.6 Å². The molecule has 2 aromatic heterocycles. The number of carbonyl (C=O) groups excluding carboxylic acids is 1. The van der Waals surface area contributed by atoms with Crippen molar-refractivity contribution >= 4 is 27.9 Å². The molecule has 6 heteroatoms. The van der Waals surface area contributed by atoms with E-state index >= 15 is 0 Å². The van der Waals surface area contributed by atoms with Gasteiger partial charge in [0.1, 0.15) is 5.75 Å². The lowest BCUT2D eigenvalue weighted by atomic mass is 9.87. The second kappa shape index (κ2) is 6.28. The summed E-state index contributed by atoms with van der Waals surface area (Å²) in [4.78, 5) is 17.7. The molecule has 0 saturated heterocycles. The summed E-state index contributed by atoms with van der Waals surface area (Å²) in [6, 6.07) is 5.89. The van der Waals surface area contributed by atoms with Crippen molar-refractivity contribution in [3.8, 4) is 5.75 Å². The Morgan fingerprint density at radius 2 is 2.17 bits per heavy atom. The van der Waals surface area contributed by atoms with Crippen LogP contribution in [0.2, 0.25) is 0 Å². The fourth-order valence-electron chi connectivity index (χ4n) is 2.49. The number of hydrogen-bond donors (Lipinski definition) is 1. The van der Waals surface area contributed by atoms with Gasteiger partial charge in [-0.05, 0) is 23.1 Å². The van der Waals surface area contributed by atoms with Gasteiger partial charge in [0.2, 0.25) is 5.91 Å². The van der Waals surface area contributed by atoms with E-state index in [1.807, 2.05) is 40.4 Å². The maximum atomic E-state index is 12.4. The maximum Gasteiger partial charge on any atom is 0.230 e. The van der Waals surface area contributed by atoms with Gasteiger partial charge in [0.05, 0.1) is 24.9 Å². The number of hydrogen-bond acceptors (Lipinski definition) is 4. The van der Waals surface area contributed by atoms with Gasteiger partial charge in [-0.2, -0.15) is 0 Å². The number of nitrogens with zero attached hydrogens (tertiary/aromatic N) is 2. The van der Waals surface area contributed by atoms with Crippen LogP contribution in [0.1, 0.15) is 32.0 Å². The smallest absolute Gasteiger partial charge is 0.230 e. The Bertz CT molecular complexity index is 845. The Balaban J connectivity index is 1.78. The third-order valence-electron chi connectivity index (χ3n) is 3.82. The highest BCUT2D eigenvalue weighted by Gasteiger charge is 2.17. The van der Waals surface area contributed by atoms with Gasteiger partial charge in [-0.1, -0.05) is 26.8 Å². The maximum absolute atomic E-state index is 12.4. The summed E-state index contributed by atoms with van der Waals surface area (Å²) in [6.45, 7) is 6.41. The van der Waals surface area contributed by atoms with Gasteiger partial charge >= 0.3 is 0 Å². The average Bonchev–Trinajstić information content (AvgIpc) is 3.07. The van der Waals surface area contributed by atoms with Gasteiger partial charge in [-0.25, -0.2) is 4.98 Å². The number of benzene rings is 1. The van der Waals surface area contributed by atoms with Crippen LogP contribution in [0.4, 0.5) is 5.69 Å². The fourth-order valence-corrected chi connectivity index (χ4v) is 3.21. The number of rotatable bonds is 4. The standard InChI is InChI=1S/C18H21N3O2S/c1-18(2,3)12-5-6-15(23-4)14(9-12)20-16(22)10-13-11-21-7-8-24-17(21)19-13/h5-9,11H,10H2,1-4H3,(H,20,22). The minimum Gasteiger partial charge on any atom is -0.495 e. The zero-order chi connectivity index (χ0) is 17.3. The van der Waals surface area contributed by atoms with E-state index in [1.54, 1.807) is 18.4 Å². The molecule has 1 amide bonds. The van der Waals surface area contributed by atoms with Crippen LogP contribution in [-0.2, 0) is 16.6 Å². The fraction of sp³-hybridized carbons (Fsp3) is 0.333. The van der Waals surface area contributed by atoms with Gasteiger partial charge in [-0.15, -0.1) is 11.3 Å². The van der Waals surface area contributed by atoms with E-state index in [2.05, 4.69) is 31.1 Å². The van der Waals surface area contributed by atoms with E-state index in [0.29, 0.717) is 11.4 Å². The molecule has 0 atom stereocenters. The van der Waals surface area contributed by atoms with Crippen molar-refractivity contribution in [2.75, 3.05) is 12.4 Å². The summed E-state index contributed by atoms with van der Waals surface area (Å²) >= 11 is 1.55. The molecule has 0 bridgehead atoms. The predicted octanol–water partition coefficient (Wildman–Crippen LogP) is 3.88. The summed E-state index contributed by atoms with van der Waals surface area (Å²) in [5.74, 6) is 0.548. The van der Waals surface area contributed by atoms with Crippen molar-refractivity contribution in [1.82, 2.24) is 9.38 Å². The molecule has 0 spiro atoms. The number of carbonyl (C=O) groups is 1. The largest absolute Gasteiger partial charge is 0.495 e. The van der Waals surface area contributed by atoms with Crippen molar-refractivity contribution in [1.29, 1.82) is 0 Å². The van der Waals surface area contributed by atoms with Crippen LogP contribution in [0.3, 0.4) is 0 Å². The molecular formula is C18H21N3O2S. The van der Waals surface area contributed by atoms with Crippen LogP contribution in [0, 0.1) is 0 Å². The average molecular weight is 343 g/mol. The third kappa shape index (κ3) is 3.43. The van der Waals surface area contributed by atoms with Gasteiger partial charge < -0.3 is 10.1 Å². The molecule has 24 heavy (non-hydrogen) atoms. The molecule has 2 heterocycles. The van der Waals surface area contributed by atoms with Crippen molar-refractivity contribution < 1.29 is 9.53 Å². The number of amides is 1. The summed E-state index contributed by atoms with van der Waals surface area (Å²) in [7, 11) is 1.60. The highest BCUT2D eigenvalue weighted by Crippen LogP contribution is 2.31. The Labute approximate surface area is 145 Å². The SMILES string of the molecule is COc1ccc(C(C)(C)C)cc1NC(=O)Cc1cn2ccsc2n1. The minimum absolute atomic E-state index is 0.0000147. The van der Waals surface area contributed by atoms with Crippen molar-refractivity contribution in [2.24, 2.45) is 0 Å². The quantitative estimate of drug-likeness (QED) is 0.782. The number of ether oxygens (including phenoxy) is 1. The first-order valence-electron chi connectivity index (χ1n) is 7.76. The first-order chi connectivity index (χ1) is 11.4. The first-order valence-corrected chi connectivity index (χ1v) is 8.64. The van der Waals surface area contributed by atoms with E-state index in [0.717, 1.165) is 16.2 Å². The Morgan fingerprint density at radius 1 is 1.38 bits per heavy atom. The van der Waals surface area contributed by atoms with E-state index in [-0.39, 0.29) is 17.7 Å². The predicted molar refractivity (Wildman–Crippen MR) is 97.1 cm³/mol. The zero-order valence-electron chi connectivity index (χ0n) is 14.3. The molecule has 5 nitrogen and oxygen atoms in total. The summed E-state index contributed by atoms with van der Waals surface area (Å²) in [6.07, 6.45) is 4.05. The number of methoxy groups -OCH3 is 1. The number of thiazole rings is 1. The van der Waals surface area contributed by atoms with E-state index < -0.39 is 0 Å². The van der Waals surface area contributed by atoms with E-state index in [1.165, 1.54) is 0 Å². The molecule has 0 aliphatic heterocycles.